The molecule has 0 spiro atoms. The Morgan fingerprint density at radius 2 is 1.76 bits per heavy atom. The number of aromatic nitrogens is 1. The number of aliphatic hydroxyl groups is 2. The average molecular weight is 626 g/mol. The molecular formula is C31H29F2N3O9. The molecule has 4 aliphatic rings. The Labute approximate surface area is 255 Å². The number of ether oxygens (including phenoxy) is 5. The monoisotopic (exact) mass is 625 g/mol. The zero-order chi connectivity index (χ0) is 31.7. The highest BCUT2D eigenvalue weighted by molar-refractivity contribution is 5.94. The van der Waals surface area contributed by atoms with Crippen molar-refractivity contribution < 1.29 is 52.3 Å². The summed E-state index contributed by atoms with van der Waals surface area (Å²) in [6.45, 7) is 1.68. The van der Waals surface area contributed by atoms with E-state index in [1.54, 1.807) is 37.3 Å². The molecule has 7 rings (SSSR count). The molecule has 5 heterocycles. The van der Waals surface area contributed by atoms with Crippen molar-refractivity contribution in [1.82, 2.24) is 15.2 Å². The second kappa shape index (κ2) is 10.4. The number of methoxy groups -OCH3 is 1. The number of rotatable bonds is 5. The van der Waals surface area contributed by atoms with Gasteiger partial charge < -0.3 is 44.1 Å². The minimum Gasteiger partial charge on any atom is -0.497 e. The van der Waals surface area contributed by atoms with Gasteiger partial charge in [-0.15, -0.1) is 8.78 Å². The van der Waals surface area contributed by atoms with Gasteiger partial charge in [0.05, 0.1) is 36.6 Å². The molecule has 4 aliphatic heterocycles. The van der Waals surface area contributed by atoms with Crippen LogP contribution in [0.25, 0.3) is 0 Å². The van der Waals surface area contributed by atoms with Crippen LogP contribution < -0.4 is 29.0 Å². The number of likely N-dealkylation sites (tertiary alicyclic amines) is 1. The number of hydrogen-bond acceptors (Lipinski definition) is 10. The van der Waals surface area contributed by atoms with Gasteiger partial charge in [-0.2, -0.15) is 0 Å². The number of benzene rings is 2. The number of alkyl halides is 2. The number of halogens is 2. The van der Waals surface area contributed by atoms with E-state index in [1.165, 1.54) is 30.3 Å². The second-order valence-corrected chi connectivity index (χ2v) is 11.7. The van der Waals surface area contributed by atoms with E-state index in [4.69, 9.17) is 14.2 Å². The van der Waals surface area contributed by atoms with Crippen molar-refractivity contribution in [3.8, 4) is 28.7 Å². The molecule has 236 valence electrons. The number of nitrogens with one attached hydrogen (secondary N) is 1. The van der Waals surface area contributed by atoms with Gasteiger partial charge in [-0.1, -0.05) is 0 Å². The number of nitrogens with zero attached hydrogens (tertiary/aromatic N) is 2. The number of pyridine rings is 1. The van der Waals surface area contributed by atoms with Crippen LogP contribution >= 0.6 is 0 Å². The smallest absolute Gasteiger partial charge is 0.497 e. The molecule has 2 aromatic carbocycles. The van der Waals surface area contributed by atoms with Gasteiger partial charge >= 0.3 is 6.29 Å². The summed E-state index contributed by atoms with van der Waals surface area (Å²) in [6, 6.07) is 10.6. The van der Waals surface area contributed by atoms with Gasteiger partial charge in [-0.3, -0.25) is 14.6 Å². The highest BCUT2D eigenvalue weighted by Gasteiger charge is 2.49. The number of amides is 2. The Morgan fingerprint density at radius 1 is 1.02 bits per heavy atom. The molecule has 1 aromatic heterocycles. The zero-order valence-electron chi connectivity index (χ0n) is 24.2. The van der Waals surface area contributed by atoms with Crippen LogP contribution in [-0.4, -0.2) is 77.2 Å². The van der Waals surface area contributed by atoms with Gasteiger partial charge in [0.2, 0.25) is 5.91 Å². The number of carbonyl (C=O) groups is 2. The molecule has 0 bridgehead atoms. The van der Waals surface area contributed by atoms with Crippen molar-refractivity contribution >= 4 is 11.8 Å². The maximum Gasteiger partial charge on any atom is 0.586 e. The minimum absolute atomic E-state index is 0.0255. The quantitative estimate of drug-likeness (QED) is 0.387. The number of β-amino-alcohol motifs (C(OH)–C–C–N with tert-alkyl or cyclic N) is 2. The molecule has 5 atom stereocenters. The van der Waals surface area contributed by atoms with Gasteiger partial charge in [0.1, 0.15) is 35.4 Å². The number of hydrogen-bond donors (Lipinski definition) is 3. The lowest BCUT2D eigenvalue weighted by molar-refractivity contribution is -0.286. The van der Waals surface area contributed by atoms with E-state index in [0.717, 1.165) is 0 Å². The van der Waals surface area contributed by atoms with Crippen LogP contribution in [0.1, 0.15) is 52.7 Å². The Balaban J connectivity index is 1.14. The molecule has 14 heteroatoms. The SMILES string of the molecule is COc1ccc2c(c1)O[C@@H](c1ccc(C(=O)N3C[C@@H](O)[C@H](O)C3)cn1)C[C@H]2NC(=O)[C@@]1(C)COc2cc3c(cc21)OC(F)(F)O3. The van der Waals surface area contributed by atoms with Crippen LogP contribution in [0.2, 0.25) is 0 Å². The number of fused-ring (bicyclic) bond motifs is 3. The summed E-state index contributed by atoms with van der Waals surface area (Å²) in [4.78, 5) is 32.6. The molecule has 0 unspecified atom stereocenters. The highest BCUT2D eigenvalue weighted by Crippen LogP contribution is 2.50. The first kappa shape index (κ1) is 29.0. The van der Waals surface area contributed by atoms with Gasteiger partial charge in [0.15, 0.2) is 11.5 Å². The van der Waals surface area contributed by atoms with Crippen molar-refractivity contribution in [2.75, 3.05) is 26.8 Å². The van der Waals surface area contributed by atoms with Crippen molar-refractivity contribution in [3.63, 3.8) is 0 Å². The maximum atomic E-state index is 13.9. The third-order valence-corrected chi connectivity index (χ3v) is 8.65. The van der Waals surface area contributed by atoms with Crippen LogP contribution in [0.5, 0.6) is 28.7 Å². The first-order valence-corrected chi connectivity index (χ1v) is 14.3. The van der Waals surface area contributed by atoms with Gasteiger partial charge in [-0.25, -0.2) is 0 Å². The van der Waals surface area contributed by atoms with E-state index in [2.05, 4.69) is 19.8 Å². The molecule has 0 radical (unpaired) electrons. The van der Waals surface area contributed by atoms with Crippen molar-refractivity contribution in [2.24, 2.45) is 0 Å². The van der Waals surface area contributed by atoms with Crippen LogP contribution in [0.4, 0.5) is 8.78 Å². The molecular weight excluding hydrogens is 596 g/mol. The van der Waals surface area contributed by atoms with E-state index in [0.29, 0.717) is 28.3 Å². The first-order chi connectivity index (χ1) is 21.4. The second-order valence-electron chi connectivity index (χ2n) is 11.7. The van der Waals surface area contributed by atoms with Gasteiger partial charge in [0, 0.05) is 49.0 Å². The molecule has 1 fully saturated rings. The predicted molar refractivity (Wildman–Crippen MR) is 150 cm³/mol. The summed E-state index contributed by atoms with van der Waals surface area (Å²) in [5.74, 6) is 0.139. The van der Waals surface area contributed by atoms with Gasteiger partial charge in [0.25, 0.3) is 5.91 Å². The fraction of sp³-hybridized carbons (Fsp3) is 0.387. The number of aliphatic hydroxyl groups excluding tert-OH is 2. The molecule has 0 saturated carbocycles. The summed E-state index contributed by atoms with van der Waals surface area (Å²) >= 11 is 0. The number of carbonyl (C=O) groups excluding carboxylic acids is 2. The van der Waals surface area contributed by atoms with E-state index >= 15 is 0 Å². The van der Waals surface area contributed by atoms with Crippen LogP contribution in [0.3, 0.4) is 0 Å². The normalized spacial score (nSPS) is 27.2. The predicted octanol–water partition coefficient (Wildman–Crippen LogP) is 2.62. The summed E-state index contributed by atoms with van der Waals surface area (Å²) in [6.07, 6.45) is -4.73. The minimum atomic E-state index is -3.81. The zero-order valence-corrected chi connectivity index (χ0v) is 24.2. The Kier molecular flexibility index (Phi) is 6.74. The largest absolute Gasteiger partial charge is 0.586 e. The molecule has 12 nitrogen and oxygen atoms in total. The third-order valence-electron chi connectivity index (χ3n) is 8.65. The maximum absolute atomic E-state index is 13.9. The topological polar surface area (TPSA) is 149 Å². The van der Waals surface area contributed by atoms with E-state index in [1.807, 2.05) is 0 Å². The fourth-order valence-electron chi connectivity index (χ4n) is 6.07. The lowest BCUT2D eigenvalue weighted by Crippen LogP contribution is -2.46. The fourth-order valence-corrected chi connectivity index (χ4v) is 6.07. The molecule has 0 aliphatic carbocycles. The third kappa shape index (κ3) is 5.03. The molecule has 45 heavy (non-hydrogen) atoms. The van der Waals surface area contributed by atoms with E-state index in [-0.39, 0.29) is 54.8 Å². The first-order valence-electron chi connectivity index (χ1n) is 14.3. The van der Waals surface area contributed by atoms with Crippen molar-refractivity contribution in [1.29, 1.82) is 0 Å². The van der Waals surface area contributed by atoms with E-state index < -0.39 is 42.0 Å². The summed E-state index contributed by atoms with van der Waals surface area (Å²) in [5.41, 5.74) is 0.651. The van der Waals surface area contributed by atoms with Crippen LogP contribution in [0.15, 0.2) is 48.7 Å². The Bertz CT molecular complexity index is 1680. The molecule has 3 N–H and O–H groups in total. The van der Waals surface area contributed by atoms with Crippen molar-refractivity contribution in [2.45, 2.75) is 49.4 Å². The summed E-state index contributed by atoms with van der Waals surface area (Å²) in [5, 5.41) is 22.7. The van der Waals surface area contributed by atoms with Crippen LogP contribution in [0, 0.1) is 0 Å². The van der Waals surface area contributed by atoms with Gasteiger partial charge in [-0.05, 0) is 37.3 Å². The lowest BCUT2D eigenvalue weighted by Gasteiger charge is -2.34. The summed E-state index contributed by atoms with van der Waals surface area (Å²) < 4.78 is 53.9. The van der Waals surface area contributed by atoms with Crippen molar-refractivity contribution in [3.05, 3.63) is 71.0 Å². The average Bonchev–Trinajstić information content (AvgIpc) is 3.65. The lowest BCUT2D eigenvalue weighted by atomic mass is 9.82. The Hall–Kier alpha value is -4.69. The molecule has 1 saturated heterocycles. The Morgan fingerprint density at radius 3 is 2.44 bits per heavy atom. The van der Waals surface area contributed by atoms with E-state index in [9.17, 15) is 28.6 Å². The molecule has 3 aromatic rings. The standard InChI is InChI=1S/C31H29F2N3O9/c1-30(14-42-24-10-27-26(8-18(24)30)44-31(32,33)45-27)29(40)35-20-9-25(43-23-7-16(41-2)4-5-17(20)23)19-6-3-15(11-34-19)28(39)36-12-21(37)22(38)13-36/h3-8,10-11,20-22,25,37-38H,9,12-14H2,1-2H3,(H,35,40)/t20-,21-,22-,25-,30+/m1/s1. The van der Waals surface area contributed by atoms with Crippen LogP contribution in [-0.2, 0) is 10.2 Å². The highest BCUT2D eigenvalue weighted by atomic mass is 19.3. The molecule has 2 amide bonds. The summed E-state index contributed by atoms with van der Waals surface area (Å²) in [7, 11) is 1.52.